The first-order chi connectivity index (χ1) is 40.3. The Hall–Kier alpha value is -9.72. The molecule has 386 valence electrons. The van der Waals surface area contributed by atoms with Crippen LogP contribution in [0.2, 0.25) is 0 Å². The van der Waals surface area contributed by atoms with Gasteiger partial charge in [-0.2, -0.15) is 0 Å². The minimum atomic E-state index is 0.753. The molecule has 0 amide bonds. The van der Waals surface area contributed by atoms with Crippen LogP contribution < -0.4 is 0 Å². The second-order valence-corrected chi connectivity index (χ2v) is 24.7. The van der Waals surface area contributed by atoms with Crippen molar-refractivity contribution in [1.82, 2.24) is 9.13 Å². The summed E-state index contributed by atoms with van der Waals surface area (Å²) in [5, 5.41) is 14.7. The van der Waals surface area contributed by atoms with Crippen molar-refractivity contribution >= 4 is 151 Å². The van der Waals surface area contributed by atoms with Crippen molar-refractivity contribution < 1.29 is 8.83 Å². The van der Waals surface area contributed by atoms with Crippen LogP contribution in [0.5, 0.6) is 0 Å². The van der Waals surface area contributed by atoms with Crippen molar-refractivity contribution in [1.29, 1.82) is 0 Å². The summed E-state index contributed by atoms with van der Waals surface area (Å²) in [6, 6.07) is 83.5. The minimum Gasteiger partial charge on any atom is -0.456 e. The van der Waals surface area contributed by atoms with Gasteiger partial charge in [0, 0.05) is 79.6 Å². The van der Waals surface area contributed by atoms with E-state index in [2.05, 4.69) is 248 Å². The Bertz CT molecular complexity index is 5730. The molecule has 12 aromatic carbocycles. The van der Waals surface area contributed by atoms with Crippen molar-refractivity contribution in [2.45, 2.75) is 27.2 Å². The number of para-hydroxylation sites is 2. The number of thiophene rings is 2. The molecule has 4 nitrogen and oxygen atoms in total. The molecule has 0 bridgehead atoms. The summed E-state index contributed by atoms with van der Waals surface area (Å²) in [6.45, 7) is 6.59. The Labute approximate surface area is 478 Å². The maximum atomic E-state index is 6.94. The molecule has 0 aliphatic carbocycles. The summed E-state index contributed by atoms with van der Waals surface area (Å²) in [5.41, 5.74) is 21.8. The molecule has 0 fully saturated rings. The van der Waals surface area contributed by atoms with Crippen molar-refractivity contribution in [3.8, 4) is 33.6 Å². The van der Waals surface area contributed by atoms with E-state index in [-0.39, 0.29) is 0 Å². The van der Waals surface area contributed by atoms with Gasteiger partial charge in [0.05, 0.1) is 42.8 Å². The zero-order chi connectivity index (χ0) is 54.1. The van der Waals surface area contributed by atoms with Crippen molar-refractivity contribution in [3.63, 3.8) is 0 Å². The highest BCUT2D eigenvalue weighted by molar-refractivity contribution is 7.26. The SMILES string of the molecule is Cc1ccc2c(c1)c1cc(Cc3cc(-c4cccc5sc6c(-n7c8ccc(C)cc8c8cc(C)ccc87)cccc6c45)c4oc5ccccc5c4c3)ccc1n2-c1cccc2c1sc1cccc(-c3ccc4c(c3)oc3ccccc34)c12. The second-order valence-electron chi connectivity index (χ2n) is 22.6. The molecule has 18 aromatic rings. The summed E-state index contributed by atoms with van der Waals surface area (Å²) in [6.07, 6.45) is 0.753. The van der Waals surface area contributed by atoms with Gasteiger partial charge in [0.1, 0.15) is 22.3 Å². The molecule has 6 heterocycles. The molecule has 18 rings (SSSR count). The van der Waals surface area contributed by atoms with Crippen LogP contribution in [0.4, 0.5) is 0 Å². The van der Waals surface area contributed by atoms with Gasteiger partial charge in [-0.25, -0.2) is 0 Å². The van der Waals surface area contributed by atoms with Gasteiger partial charge in [0.25, 0.3) is 0 Å². The van der Waals surface area contributed by atoms with Crippen molar-refractivity contribution in [3.05, 3.63) is 252 Å². The van der Waals surface area contributed by atoms with E-state index in [1.54, 1.807) is 0 Å². The fourth-order valence-corrected chi connectivity index (χ4v) is 16.3. The standard InChI is InChI=1S/C76H48N2O2S2/c1-42-24-30-61-55(34-42)56-35-43(2)25-31-62(56)77(61)66-19-9-17-54-73-52(15-11-23-71(73)82-76(54)66)60-40-46(39-59-50-13-5-7-21-68(50)80-74(59)60)37-45-27-33-64-58(38-45)57-36-44(3)26-32-63(57)78(64)65-18-8-16-53-72-48(14-10-22-70(72)81-75(53)65)47-28-29-51-49-12-4-6-20-67(49)79-69(51)41-47/h4-36,38-41H,37H2,1-3H3. The topological polar surface area (TPSA) is 36.1 Å². The molecular weight excluding hydrogens is 1040 g/mol. The lowest BCUT2D eigenvalue weighted by Crippen LogP contribution is -1.95. The number of hydrogen-bond acceptors (Lipinski definition) is 4. The van der Waals surface area contributed by atoms with E-state index in [0.29, 0.717) is 0 Å². The first kappa shape index (κ1) is 46.1. The largest absolute Gasteiger partial charge is 0.456 e. The number of hydrogen-bond donors (Lipinski definition) is 0. The molecule has 0 unspecified atom stereocenters. The minimum absolute atomic E-state index is 0.753. The second kappa shape index (κ2) is 17.1. The number of furan rings is 2. The van der Waals surface area contributed by atoms with E-state index < -0.39 is 0 Å². The summed E-state index contributed by atoms with van der Waals surface area (Å²) >= 11 is 3.77. The first-order valence-corrected chi connectivity index (χ1v) is 29.8. The van der Waals surface area contributed by atoms with E-state index in [9.17, 15) is 0 Å². The molecule has 6 aromatic heterocycles. The maximum Gasteiger partial charge on any atom is 0.143 e. The van der Waals surface area contributed by atoms with Crippen LogP contribution in [0, 0.1) is 20.8 Å². The van der Waals surface area contributed by atoms with E-state index >= 15 is 0 Å². The molecular formula is C76H48N2O2S2. The lowest BCUT2D eigenvalue weighted by Gasteiger charge is -2.12. The van der Waals surface area contributed by atoms with Gasteiger partial charge in [-0.05, 0) is 164 Å². The molecule has 0 N–H and O–H groups in total. The van der Waals surface area contributed by atoms with E-state index in [4.69, 9.17) is 8.83 Å². The zero-order valence-corrected chi connectivity index (χ0v) is 46.7. The molecule has 0 saturated heterocycles. The van der Waals surface area contributed by atoms with Crippen LogP contribution in [0.1, 0.15) is 27.8 Å². The summed E-state index contributed by atoms with van der Waals surface area (Å²) in [4.78, 5) is 0. The maximum absolute atomic E-state index is 6.94. The third kappa shape index (κ3) is 6.65. The predicted octanol–water partition coefficient (Wildman–Crippen LogP) is 22.3. The third-order valence-electron chi connectivity index (χ3n) is 17.5. The van der Waals surface area contributed by atoms with Gasteiger partial charge in [0.15, 0.2) is 0 Å². The van der Waals surface area contributed by atoms with Crippen molar-refractivity contribution in [2.75, 3.05) is 0 Å². The Morgan fingerprint density at radius 2 is 0.817 bits per heavy atom. The molecule has 82 heavy (non-hydrogen) atoms. The van der Waals surface area contributed by atoms with E-state index in [0.717, 1.165) is 61.4 Å². The summed E-state index contributed by atoms with van der Waals surface area (Å²) in [5.74, 6) is 0. The number of fused-ring (bicyclic) bond motifs is 18. The van der Waals surface area contributed by atoms with Gasteiger partial charge in [0.2, 0.25) is 0 Å². The molecule has 0 aliphatic rings. The monoisotopic (exact) mass is 1080 g/mol. The number of benzene rings is 12. The number of aromatic nitrogens is 2. The number of rotatable bonds is 6. The average molecular weight is 1090 g/mol. The normalized spacial score (nSPS) is 12.4. The van der Waals surface area contributed by atoms with Gasteiger partial charge in [-0.3, -0.25) is 0 Å². The molecule has 0 spiro atoms. The van der Waals surface area contributed by atoms with Crippen LogP contribution in [0.3, 0.4) is 0 Å². The predicted molar refractivity (Wildman–Crippen MR) is 350 cm³/mol. The van der Waals surface area contributed by atoms with Crippen LogP contribution in [-0.4, -0.2) is 9.13 Å². The highest BCUT2D eigenvalue weighted by atomic mass is 32.1. The fraction of sp³-hybridized carbons (Fsp3) is 0.0526. The average Bonchev–Trinajstić information content (AvgIpc) is 4.55. The molecule has 0 aliphatic heterocycles. The Balaban J connectivity index is 0.784. The lowest BCUT2D eigenvalue weighted by atomic mass is 9.93. The van der Waals surface area contributed by atoms with E-state index in [1.807, 2.05) is 28.7 Å². The molecule has 0 atom stereocenters. The summed E-state index contributed by atoms with van der Waals surface area (Å²) in [7, 11) is 0. The van der Waals surface area contributed by atoms with Crippen LogP contribution in [0.25, 0.3) is 161 Å². The van der Waals surface area contributed by atoms with Gasteiger partial charge in [-0.1, -0.05) is 132 Å². The lowest BCUT2D eigenvalue weighted by molar-refractivity contribution is 0.669. The van der Waals surface area contributed by atoms with E-state index in [1.165, 1.54) is 134 Å². The van der Waals surface area contributed by atoms with Gasteiger partial charge in [-0.15, -0.1) is 22.7 Å². The zero-order valence-electron chi connectivity index (χ0n) is 45.1. The fourth-order valence-electron chi connectivity index (χ4n) is 13.9. The Kier molecular flexibility index (Phi) is 9.64. The van der Waals surface area contributed by atoms with Crippen molar-refractivity contribution in [2.24, 2.45) is 0 Å². The third-order valence-corrected chi connectivity index (χ3v) is 19.9. The number of nitrogens with zero attached hydrogens (tertiary/aromatic N) is 2. The van der Waals surface area contributed by atoms with Gasteiger partial charge < -0.3 is 18.0 Å². The summed E-state index contributed by atoms with van der Waals surface area (Å²) < 4.78 is 23.4. The Morgan fingerprint density at radius 1 is 0.329 bits per heavy atom. The first-order valence-electron chi connectivity index (χ1n) is 28.2. The Morgan fingerprint density at radius 3 is 1.44 bits per heavy atom. The smallest absolute Gasteiger partial charge is 0.143 e. The number of aryl methyl sites for hydroxylation is 3. The molecule has 6 heteroatoms. The highest BCUT2D eigenvalue weighted by Crippen LogP contribution is 2.49. The van der Waals surface area contributed by atoms with Gasteiger partial charge >= 0.3 is 0 Å². The molecule has 0 saturated carbocycles. The van der Waals surface area contributed by atoms with Crippen LogP contribution in [0.15, 0.2) is 233 Å². The van der Waals surface area contributed by atoms with Crippen LogP contribution in [-0.2, 0) is 6.42 Å². The molecule has 0 radical (unpaired) electrons. The quantitative estimate of drug-likeness (QED) is 0.166. The van der Waals surface area contributed by atoms with Crippen LogP contribution >= 0.6 is 22.7 Å². The highest BCUT2D eigenvalue weighted by Gasteiger charge is 2.24.